The van der Waals surface area contributed by atoms with Gasteiger partial charge in [0, 0.05) is 5.56 Å². The highest BCUT2D eigenvalue weighted by Gasteiger charge is 2.11. The van der Waals surface area contributed by atoms with Gasteiger partial charge in [-0.2, -0.15) is 0 Å². The van der Waals surface area contributed by atoms with E-state index in [1.54, 1.807) is 31.4 Å². The number of para-hydroxylation sites is 2. The molecule has 0 heterocycles. The van der Waals surface area contributed by atoms with Gasteiger partial charge in [-0.1, -0.05) is 25.1 Å². The van der Waals surface area contributed by atoms with Crippen LogP contribution in [-0.2, 0) is 0 Å². The number of rotatable bonds is 6. The van der Waals surface area contributed by atoms with Crippen molar-refractivity contribution in [2.75, 3.05) is 12.4 Å². The van der Waals surface area contributed by atoms with Crippen LogP contribution in [0.4, 0.5) is 5.69 Å². The average Bonchev–Trinajstić information content (AvgIpc) is 2.55. The summed E-state index contributed by atoms with van der Waals surface area (Å²) in [6, 6.07) is 14.5. The molecule has 0 bridgehead atoms. The number of carbonyl (C=O) groups excluding carboxylic acids is 1. The molecule has 2 aromatic rings. The third kappa shape index (κ3) is 4.01. The van der Waals surface area contributed by atoms with Crippen LogP contribution in [0.3, 0.4) is 0 Å². The second-order valence-corrected chi connectivity index (χ2v) is 5.02. The van der Waals surface area contributed by atoms with Crippen molar-refractivity contribution in [1.82, 2.24) is 0 Å². The van der Waals surface area contributed by atoms with E-state index in [0.29, 0.717) is 22.7 Å². The Kier molecular flexibility index (Phi) is 5.42. The molecular formula is C18H21NO3. The summed E-state index contributed by atoms with van der Waals surface area (Å²) in [6.45, 7) is 4.06. The summed E-state index contributed by atoms with van der Waals surface area (Å²) in [5.41, 5.74) is 1.19. The van der Waals surface area contributed by atoms with Crippen LogP contribution < -0.4 is 14.8 Å². The van der Waals surface area contributed by atoms with Gasteiger partial charge in [-0.15, -0.1) is 0 Å². The van der Waals surface area contributed by atoms with E-state index in [9.17, 15) is 4.79 Å². The first-order valence-electron chi connectivity index (χ1n) is 7.35. The normalized spacial score (nSPS) is 11.6. The lowest BCUT2D eigenvalue weighted by Crippen LogP contribution is -2.14. The number of benzene rings is 2. The maximum absolute atomic E-state index is 12.4. The maximum Gasteiger partial charge on any atom is 0.255 e. The Labute approximate surface area is 131 Å². The van der Waals surface area contributed by atoms with Crippen molar-refractivity contribution < 1.29 is 14.3 Å². The van der Waals surface area contributed by atoms with Gasteiger partial charge in [0.25, 0.3) is 5.91 Å². The number of amides is 1. The smallest absolute Gasteiger partial charge is 0.255 e. The number of ether oxygens (including phenoxy) is 2. The van der Waals surface area contributed by atoms with Gasteiger partial charge >= 0.3 is 0 Å². The molecule has 4 nitrogen and oxygen atoms in total. The zero-order valence-corrected chi connectivity index (χ0v) is 13.1. The van der Waals surface area contributed by atoms with Crippen LogP contribution >= 0.6 is 0 Å². The number of anilines is 1. The Hall–Kier alpha value is -2.49. The zero-order chi connectivity index (χ0) is 15.9. The van der Waals surface area contributed by atoms with E-state index < -0.39 is 0 Å². The van der Waals surface area contributed by atoms with E-state index >= 15 is 0 Å². The average molecular weight is 299 g/mol. The van der Waals surface area contributed by atoms with Crippen molar-refractivity contribution >= 4 is 11.6 Å². The van der Waals surface area contributed by atoms with E-state index in [4.69, 9.17) is 9.47 Å². The minimum absolute atomic E-state index is 0.118. The van der Waals surface area contributed by atoms with E-state index in [-0.39, 0.29) is 12.0 Å². The predicted molar refractivity (Wildman–Crippen MR) is 87.8 cm³/mol. The second kappa shape index (κ2) is 7.50. The molecule has 2 rings (SSSR count). The Morgan fingerprint density at radius 1 is 1.18 bits per heavy atom. The monoisotopic (exact) mass is 299 g/mol. The number of hydrogen-bond acceptors (Lipinski definition) is 3. The molecule has 0 saturated heterocycles. The molecule has 0 fully saturated rings. The molecule has 0 aliphatic rings. The lowest BCUT2D eigenvalue weighted by Gasteiger charge is -2.14. The molecule has 1 amide bonds. The van der Waals surface area contributed by atoms with E-state index in [1.165, 1.54) is 0 Å². The number of methoxy groups -OCH3 is 1. The van der Waals surface area contributed by atoms with Crippen LogP contribution in [0.15, 0.2) is 48.5 Å². The van der Waals surface area contributed by atoms with Gasteiger partial charge in [-0.25, -0.2) is 0 Å². The topological polar surface area (TPSA) is 47.6 Å². The Morgan fingerprint density at radius 2 is 1.95 bits per heavy atom. The van der Waals surface area contributed by atoms with Gasteiger partial charge in [-0.3, -0.25) is 4.79 Å². The van der Waals surface area contributed by atoms with Crippen molar-refractivity contribution in [2.24, 2.45) is 0 Å². The van der Waals surface area contributed by atoms with Gasteiger partial charge in [0.15, 0.2) is 0 Å². The standard InChI is InChI=1S/C18H21NO3/c1-4-13(2)22-15-9-7-8-14(12-15)18(20)19-16-10-5-6-11-17(16)21-3/h5-13H,4H2,1-3H3,(H,19,20). The molecule has 2 aromatic carbocycles. The van der Waals surface area contributed by atoms with Crippen molar-refractivity contribution in [3.63, 3.8) is 0 Å². The Balaban J connectivity index is 2.14. The quantitative estimate of drug-likeness (QED) is 0.872. The lowest BCUT2D eigenvalue weighted by atomic mass is 10.2. The molecule has 1 N–H and O–H groups in total. The van der Waals surface area contributed by atoms with Gasteiger partial charge in [0.1, 0.15) is 11.5 Å². The van der Waals surface area contributed by atoms with Gasteiger partial charge in [-0.05, 0) is 43.7 Å². The van der Waals surface area contributed by atoms with Crippen LogP contribution in [0.25, 0.3) is 0 Å². The molecule has 1 atom stereocenters. The molecule has 116 valence electrons. The Morgan fingerprint density at radius 3 is 2.68 bits per heavy atom. The first kappa shape index (κ1) is 15.9. The first-order chi connectivity index (χ1) is 10.6. The highest BCUT2D eigenvalue weighted by molar-refractivity contribution is 6.05. The fourth-order valence-corrected chi connectivity index (χ4v) is 1.97. The third-order valence-electron chi connectivity index (χ3n) is 3.36. The molecule has 0 spiro atoms. The van der Waals surface area contributed by atoms with E-state index in [0.717, 1.165) is 6.42 Å². The molecule has 0 aromatic heterocycles. The van der Waals surface area contributed by atoms with Crippen molar-refractivity contribution in [3.05, 3.63) is 54.1 Å². The molecule has 0 radical (unpaired) electrons. The highest BCUT2D eigenvalue weighted by atomic mass is 16.5. The minimum Gasteiger partial charge on any atom is -0.495 e. The van der Waals surface area contributed by atoms with Gasteiger partial charge in [0.2, 0.25) is 0 Å². The molecular weight excluding hydrogens is 278 g/mol. The first-order valence-corrected chi connectivity index (χ1v) is 7.35. The summed E-state index contributed by atoms with van der Waals surface area (Å²) in [5.74, 6) is 1.13. The summed E-state index contributed by atoms with van der Waals surface area (Å²) in [7, 11) is 1.57. The fraction of sp³-hybridized carbons (Fsp3) is 0.278. The van der Waals surface area contributed by atoms with Crippen molar-refractivity contribution in [2.45, 2.75) is 26.4 Å². The minimum atomic E-state index is -0.195. The summed E-state index contributed by atoms with van der Waals surface area (Å²) in [5, 5.41) is 2.85. The second-order valence-electron chi connectivity index (χ2n) is 5.02. The van der Waals surface area contributed by atoms with Crippen LogP contribution in [0.2, 0.25) is 0 Å². The number of carbonyl (C=O) groups is 1. The SMILES string of the molecule is CCC(C)Oc1cccc(C(=O)Nc2ccccc2OC)c1. The molecule has 0 saturated carbocycles. The summed E-state index contributed by atoms with van der Waals surface area (Å²) in [6.07, 6.45) is 1.03. The van der Waals surface area contributed by atoms with Crippen LogP contribution in [0, 0.1) is 0 Å². The zero-order valence-electron chi connectivity index (χ0n) is 13.1. The number of nitrogens with one attached hydrogen (secondary N) is 1. The fourth-order valence-electron chi connectivity index (χ4n) is 1.97. The predicted octanol–water partition coefficient (Wildman–Crippen LogP) is 4.12. The maximum atomic E-state index is 12.4. The van der Waals surface area contributed by atoms with Crippen molar-refractivity contribution in [1.29, 1.82) is 0 Å². The van der Waals surface area contributed by atoms with Gasteiger partial charge in [0.05, 0.1) is 18.9 Å². The highest BCUT2D eigenvalue weighted by Crippen LogP contribution is 2.24. The van der Waals surface area contributed by atoms with E-state index in [2.05, 4.69) is 12.2 Å². The largest absolute Gasteiger partial charge is 0.495 e. The van der Waals surface area contributed by atoms with Gasteiger partial charge < -0.3 is 14.8 Å². The van der Waals surface area contributed by atoms with Crippen LogP contribution in [0.5, 0.6) is 11.5 Å². The van der Waals surface area contributed by atoms with Crippen LogP contribution in [-0.4, -0.2) is 19.1 Å². The summed E-state index contributed by atoms with van der Waals surface area (Å²) >= 11 is 0. The summed E-state index contributed by atoms with van der Waals surface area (Å²) < 4.78 is 11.0. The molecule has 22 heavy (non-hydrogen) atoms. The molecule has 1 unspecified atom stereocenters. The summed E-state index contributed by atoms with van der Waals surface area (Å²) in [4.78, 5) is 12.4. The molecule has 0 aliphatic heterocycles. The Bertz CT molecular complexity index is 640. The van der Waals surface area contributed by atoms with Crippen LogP contribution in [0.1, 0.15) is 30.6 Å². The van der Waals surface area contributed by atoms with E-state index in [1.807, 2.05) is 31.2 Å². The molecule has 0 aliphatic carbocycles. The number of hydrogen-bond donors (Lipinski definition) is 1. The third-order valence-corrected chi connectivity index (χ3v) is 3.36. The van der Waals surface area contributed by atoms with Crippen molar-refractivity contribution in [3.8, 4) is 11.5 Å². The molecule has 4 heteroatoms. The lowest BCUT2D eigenvalue weighted by molar-refractivity contribution is 0.102.